The lowest BCUT2D eigenvalue weighted by atomic mass is 9.88. The molecule has 0 spiro atoms. The monoisotopic (exact) mass is 414 g/mol. The van der Waals surface area contributed by atoms with Gasteiger partial charge in [0.25, 0.3) is 0 Å². The number of imidazole rings is 1. The maximum atomic E-state index is 11.5. The van der Waals surface area contributed by atoms with Gasteiger partial charge in [-0.2, -0.15) is 0 Å². The van der Waals surface area contributed by atoms with E-state index in [1.807, 2.05) is 31.2 Å². The van der Waals surface area contributed by atoms with E-state index in [4.69, 9.17) is 9.97 Å². The summed E-state index contributed by atoms with van der Waals surface area (Å²) in [5.41, 5.74) is 7.06. The van der Waals surface area contributed by atoms with Gasteiger partial charge in [-0.25, -0.2) is 9.97 Å². The molecule has 0 bridgehead atoms. The molecule has 4 aromatic rings. The Balaban J connectivity index is 1.67. The Morgan fingerprint density at radius 1 is 1.03 bits per heavy atom. The van der Waals surface area contributed by atoms with Crippen LogP contribution in [-0.4, -0.2) is 30.6 Å². The topological polar surface area (TPSA) is 80.9 Å². The van der Waals surface area contributed by atoms with E-state index in [0.717, 1.165) is 51.4 Å². The summed E-state index contributed by atoms with van der Waals surface area (Å²) in [6.07, 6.45) is 4.27. The van der Waals surface area contributed by atoms with Gasteiger partial charge < -0.3 is 9.67 Å². The first kappa shape index (κ1) is 20.7. The molecule has 0 aliphatic rings. The fourth-order valence-corrected chi connectivity index (χ4v) is 4.12. The molecule has 0 amide bonds. The molecule has 1 unspecified atom stereocenters. The van der Waals surface area contributed by atoms with Crippen LogP contribution in [0.15, 0.2) is 54.9 Å². The fraction of sp³-hybridized carbons (Fsp3) is 0.280. The second-order valence-electron chi connectivity index (χ2n) is 7.89. The summed E-state index contributed by atoms with van der Waals surface area (Å²) in [6.45, 7) is 6.86. The van der Waals surface area contributed by atoms with Gasteiger partial charge in [0.2, 0.25) is 0 Å². The number of fused-ring (bicyclic) bond motifs is 1. The molecule has 1 atom stereocenters. The number of benzene rings is 1. The van der Waals surface area contributed by atoms with Gasteiger partial charge >= 0.3 is 5.97 Å². The van der Waals surface area contributed by atoms with Gasteiger partial charge in [-0.05, 0) is 54.3 Å². The molecule has 0 aliphatic carbocycles. The molecular formula is C25H26N4O2. The zero-order valence-electron chi connectivity index (χ0n) is 18.0. The zero-order valence-corrected chi connectivity index (χ0v) is 18.0. The van der Waals surface area contributed by atoms with E-state index in [1.54, 1.807) is 12.4 Å². The molecule has 1 aromatic carbocycles. The third-order valence-electron chi connectivity index (χ3n) is 5.63. The van der Waals surface area contributed by atoms with Crippen LogP contribution in [0.25, 0.3) is 11.2 Å². The lowest BCUT2D eigenvalue weighted by Gasteiger charge is -2.16. The number of carbonyl (C=O) groups is 1. The average molecular weight is 415 g/mol. The Morgan fingerprint density at radius 2 is 1.71 bits per heavy atom. The van der Waals surface area contributed by atoms with Gasteiger partial charge in [0, 0.05) is 30.4 Å². The van der Waals surface area contributed by atoms with Crippen LogP contribution in [0.1, 0.15) is 53.0 Å². The summed E-state index contributed by atoms with van der Waals surface area (Å²) in [5.74, 6) is -0.0113. The molecule has 0 fully saturated rings. The standard InChI is InChI=1S/C25H26N4O2/c1-4-22-28-24-16(2)13-17(3)27-25(24)29(22)15-18-5-7-19(8-6-18)21(14-23(30)31)20-9-11-26-12-10-20/h5-13,21H,4,14-15H2,1-3H3,(H,30,31). The highest BCUT2D eigenvalue weighted by molar-refractivity contribution is 5.76. The highest BCUT2D eigenvalue weighted by Crippen LogP contribution is 2.28. The average Bonchev–Trinajstić information content (AvgIpc) is 3.11. The van der Waals surface area contributed by atoms with Crippen molar-refractivity contribution in [2.45, 2.75) is 46.1 Å². The van der Waals surface area contributed by atoms with Crippen LogP contribution in [-0.2, 0) is 17.8 Å². The number of rotatable bonds is 7. The second kappa shape index (κ2) is 8.68. The molecule has 0 saturated heterocycles. The minimum Gasteiger partial charge on any atom is -0.481 e. The number of aromatic nitrogens is 4. The molecule has 0 radical (unpaired) electrons. The maximum Gasteiger partial charge on any atom is 0.304 e. The molecular weight excluding hydrogens is 388 g/mol. The quantitative estimate of drug-likeness (QED) is 0.476. The Labute approximate surface area is 181 Å². The van der Waals surface area contributed by atoms with Crippen molar-refractivity contribution in [3.8, 4) is 0 Å². The van der Waals surface area contributed by atoms with E-state index in [2.05, 4.69) is 41.6 Å². The summed E-state index contributed by atoms with van der Waals surface area (Å²) >= 11 is 0. The number of aliphatic carboxylic acids is 1. The van der Waals surface area contributed by atoms with Crippen molar-refractivity contribution in [3.05, 3.63) is 88.6 Å². The van der Waals surface area contributed by atoms with E-state index >= 15 is 0 Å². The van der Waals surface area contributed by atoms with Gasteiger partial charge in [0.15, 0.2) is 5.65 Å². The van der Waals surface area contributed by atoms with Gasteiger partial charge in [-0.15, -0.1) is 0 Å². The largest absolute Gasteiger partial charge is 0.481 e. The van der Waals surface area contributed by atoms with Crippen LogP contribution in [0.3, 0.4) is 0 Å². The Hall–Kier alpha value is -3.54. The van der Waals surface area contributed by atoms with E-state index in [0.29, 0.717) is 6.54 Å². The first-order chi connectivity index (χ1) is 15.0. The molecule has 6 heteroatoms. The van der Waals surface area contributed by atoms with Crippen molar-refractivity contribution in [2.75, 3.05) is 0 Å². The van der Waals surface area contributed by atoms with Crippen LogP contribution in [0.5, 0.6) is 0 Å². The van der Waals surface area contributed by atoms with Gasteiger partial charge in [0.05, 0.1) is 13.0 Å². The van der Waals surface area contributed by atoms with Gasteiger partial charge in [-0.3, -0.25) is 9.78 Å². The Morgan fingerprint density at radius 3 is 2.35 bits per heavy atom. The number of carboxylic acids is 1. The minimum atomic E-state index is -0.819. The van der Waals surface area contributed by atoms with Crippen LogP contribution in [0, 0.1) is 13.8 Å². The van der Waals surface area contributed by atoms with Crippen LogP contribution in [0.4, 0.5) is 0 Å². The first-order valence-electron chi connectivity index (χ1n) is 10.5. The van der Waals surface area contributed by atoms with Crippen molar-refractivity contribution >= 4 is 17.1 Å². The number of nitrogens with zero attached hydrogens (tertiary/aromatic N) is 4. The van der Waals surface area contributed by atoms with Crippen molar-refractivity contribution in [2.24, 2.45) is 0 Å². The Kier molecular flexibility index (Phi) is 5.80. The first-order valence-corrected chi connectivity index (χ1v) is 10.5. The summed E-state index contributed by atoms with van der Waals surface area (Å²) in [5, 5.41) is 9.40. The van der Waals surface area contributed by atoms with Crippen molar-refractivity contribution in [1.82, 2.24) is 19.5 Å². The highest BCUT2D eigenvalue weighted by Gasteiger charge is 2.18. The summed E-state index contributed by atoms with van der Waals surface area (Å²) in [4.78, 5) is 25.1. The predicted octanol–water partition coefficient (Wildman–Crippen LogP) is 4.66. The number of hydrogen-bond acceptors (Lipinski definition) is 4. The Bertz CT molecular complexity index is 1210. The lowest BCUT2D eigenvalue weighted by molar-refractivity contribution is -0.137. The normalized spacial score (nSPS) is 12.2. The maximum absolute atomic E-state index is 11.5. The van der Waals surface area contributed by atoms with Gasteiger partial charge in [-0.1, -0.05) is 31.2 Å². The molecule has 6 nitrogen and oxygen atoms in total. The second-order valence-corrected chi connectivity index (χ2v) is 7.89. The third kappa shape index (κ3) is 4.33. The molecule has 0 saturated carbocycles. The molecule has 3 heterocycles. The fourth-order valence-electron chi connectivity index (χ4n) is 4.12. The lowest BCUT2D eigenvalue weighted by Crippen LogP contribution is -2.09. The van der Waals surface area contributed by atoms with Crippen LogP contribution >= 0.6 is 0 Å². The van der Waals surface area contributed by atoms with E-state index in [-0.39, 0.29) is 12.3 Å². The highest BCUT2D eigenvalue weighted by atomic mass is 16.4. The summed E-state index contributed by atoms with van der Waals surface area (Å²) in [6, 6.07) is 14.0. The van der Waals surface area contributed by atoms with Crippen LogP contribution < -0.4 is 0 Å². The van der Waals surface area contributed by atoms with E-state index in [9.17, 15) is 9.90 Å². The van der Waals surface area contributed by atoms with Gasteiger partial charge in [0.1, 0.15) is 11.3 Å². The van der Waals surface area contributed by atoms with Crippen molar-refractivity contribution < 1.29 is 9.90 Å². The molecule has 3 aromatic heterocycles. The van der Waals surface area contributed by atoms with Crippen molar-refractivity contribution in [3.63, 3.8) is 0 Å². The number of pyridine rings is 2. The minimum absolute atomic E-state index is 0.0397. The predicted molar refractivity (Wildman–Crippen MR) is 120 cm³/mol. The van der Waals surface area contributed by atoms with E-state index in [1.165, 1.54) is 0 Å². The molecule has 31 heavy (non-hydrogen) atoms. The zero-order chi connectivity index (χ0) is 22.0. The number of carboxylic acid groups (broad SMARTS) is 1. The van der Waals surface area contributed by atoms with Crippen molar-refractivity contribution in [1.29, 1.82) is 0 Å². The third-order valence-corrected chi connectivity index (χ3v) is 5.63. The summed E-state index contributed by atoms with van der Waals surface area (Å²) in [7, 11) is 0. The van der Waals surface area contributed by atoms with Crippen LogP contribution in [0.2, 0.25) is 0 Å². The molecule has 0 aliphatic heterocycles. The summed E-state index contributed by atoms with van der Waals surface area (Å²) < 4.78 is 2.18. The van der Waals surface area contributed by atoms with E-state index < -0.39 is 5.97 Å². The molecule has 1 N–H and O–H groups in total. The molecule has 158 valence electrons. The number of hydrogen-bond donors (Lipinski definition) is 1. The smallest absolute Gasteiger partial charge is 0.304 e. The SMILES string of the molecule is CCc1nc2c(C)cc(C)nc2n1Cc1ccc(C(CC(=O)O)c2ccncc2)cc1. The number of aryl methyl sites for hydroxylation is 3. The molecule has 4 rings (SSSR count).